The maximum Gasteiger partial charge on any atom is 0.192 e. The lowest BCUT2D eigenvalue weighted by Gasteiger charge is -2.36. The van der Waals surface area contributed by atoms with E-state index in [0.717, 1.165) is 6.42 Å². The third-order valence-corrected chi connectivity index (χ3v) is 8.66. The van der Waals surface area contributed by atoms with Crippen LogP contribution in [0.3, 0.4) is 0 Å². The SMILES string of the molecule is CC(Cc1cccc(CO[Si](C)(C)C(C)(C)C)c1)N=[N+]=[N-]. The third-order valence-electron chi connectivity index (χ3n) is 4.18. The average molecular weight is 305 g/mol. The van der Waals surface area contributed by atoms with Crippen LogP contribution in [0.1, 0.15) is 38.8 Å². The van der Waals surface area contributed by atoms with E-state index < -0.39 is 8.32 Å². The highest BCUT2D eigenvalue weighted by molar-refractivity contribution is 6.74. The van der Waals surface area contributed by atoms with Crippen molar-refractivity contribution in [3.8, 4) is 0 Å². The fourth-order valence-corrected chi connectivity index (χ4v) is 2.76. The molecule has 1 aromatic carbocycles. The molecular weight excluding hydrogens is 278 g/mol. The van der Waals surface area contributed by atoms with Crippen molar-refractivity contribution in [3.63, 3.8) is 0 Å². The van der Waals surface area contributed by atoms with Gasteiger partial charge in [-0.1, -0.05) is 57.1 Å². The Balaban J connectivity index is 2.71. The molecule has 0 fully saturated rings. The minimum absolute atomic E-state index is 0.0217. The molecule has 1 atom stereocenters. The summed E-state index contributed by atoms with van der Waals surface area (Å²) in [4.78, 5) is 2.86. The van der Waals surface area contributed by atoms with E-state index in [-0.39, 0.29) is 11.1 Å². The molecule has 0 amide bonds. The molecule has 0 aliphatic rings. The summed E-state index contributed by atoms with van der Waals surface area (Å²) in [6, 6.07) is 8.33. The van der Waals surface area contributed by atoms with Gasteiger partial charge in [-0.3, -0.25) is 0 Å². The number of nitrogens with zero attached hydrogens (tertiary/aromatic N) is 3. The highest BCUT2D eigenvalue weighted by atomic mass is 28.4. The van der Waals surface area contributed by atoms with Crippen molar-refractivity contribution < 1.29 is 4.43 Å². The summed E-state index contributed by atoms with van der Waals surface area (Å²) in [6.07, 6.45) is 0.762. The number of benzene rings is 1. The van der Waals surface area contributed by atoms with Gasteiger partial charge < -0.3 is 4.43 Å². The molecule has 0 aliphatic carbocycles. The van der Waals surface area contributed by atoms with Crippen molar-refractivity contribution in [3.05, 3.63) is 45.8 Å². The van der Waals surface area contributed by atoms with Crippen LogP contribution in [0.2, 0.25) is 18.1 Å². The zero-order valence-electron chi connectivity index (χ0n) is 14.1. The minimum Gasteiger partial charge on any atom is -0.413 e. The van der Waals surface area contributed by atoms with Crippen LogP contribution in [0.25, 0.3) is 10.4 Å². The Labute approximate surface area is 129 Å². The Morgan fingerprint density at radius 3 is 2.48 bits per heavy atom. The fourth-order valence-electron chi connectivity index (χ4n) is 1.80. The summed E-state index contributed by atoms with van der Waals surface area (Å²) < 4.78 is 6.24. The molecule has 0 spiro atoms. The maximum atomic E-state index is 8.46. The Morgan fingerprint density at radius 1 is 1.29 bits per heavy atom. The second kappa shape index (κ2) is 7.12. The number of rotatable bonds is 6. The van der Waals surface area contributed by atoms with Crippen LogP contribution in [0.4, 0.5) is 0 Å². The highest BCUT2D eigenvalue weighted by Gasteiger charge is 2.36. The molecule has 116 valence electrons. The van der Waals surface area contributed by atoms with Gasteiger partial charge in [0.05, 0.1) is 6.61 Å². The van der Waals surface area contributed by atoms with Crippen molar-refractivity contribution in [1.29, 1.82) is 0 Å². The lowest BCUT2D eigenvalue weighted by atomic mass is 10.1. The topological polar surface area (TPSA) is 58.0 Å². The van der Waals surface area contributed by atoms with Crippen LogP contribution in [0.5, 0.6) is 0 Å². The lowest BCUT2D eigenvalue weighted by Crippen LogP contribution is -2.40. The van der Waals surface area contributed by atoms with Crippen LogP contribution in [-0.4, -0.2) is 14.4 Å². The van der Waals surface area contributed by atoms with Crippen LogP contribution in [-0.2, 0) is 17.5 Å². The molecule has 0 aliphatic heterocycles. The predicted octanol–water partition coefficient (Wildman–Crippen LogP) is 5.45. The van der Waals surface area contributed by atoms with Crippen LogP contribution in [0, 0.1) is 0 Å². The van der Waals surface area contributed by atoms with Crippen molar-refractivity contribution in [1.82, 2.24) is 0 Å². The van der Waals surface area contributed by atoms with E-state index in [1.807, 2.05) is 13.0 Å². The molecule has 0 bridgehead atoms. The molecule has 1 rings (SSSR count). The molecule has 0 heterocycles. The molecule has 4 nitrogen and oxygen atoms in total. The van der Waals surface area contributed by atoms with Gasteiger partial charge in [0.25, 0.3) is 0 Å². The first-order chi connectivity index (χ1) is 9.65. The van der Waals surface area contributed by atoms with Gasteiger partial charge in [-0.15, -0.1) is 0 Å². The first-order valence-electron chi connectivity index (χ1n) is 7.42. The van der Waals surface area contributed by atoms with Crippen molar-refractivity contribution in [2.45, 2.75) is 64.9 Å². The molecule has 0 radical (unpaired) electrons. The largest absolute Gasteiger partial charge is 0.413 e. The maximum absolute atomic E-state index is 8.46. The van der Waals surface area contributed by atoms with Crippen molar-refractivity contribution >= 4 is 8.32 Å². The normalized spacial score (nSPS) is 13.6. The van der Waals surface area contributed by atoms with Gasteiger partial charge in [0.2, 0.25) is 0 Å². The molecule has 0 aromatic heterocycles. The first kappa shape index (κ1) is 17.8. The molecule has 0 saturated heterocycles. The van der Waals surface area contributed by atoms with E-state index in [4.69, 9.17) is 9.96 Å². The Hall–Kier alpha value is -1.29. The van der Waals surface area contributed by atoms with Crippen molar-refractivity contribution in [2.24, 2.45) is 5.11 Å². The number of azide groups is 1. The highest BCUT2D eigenvalue weighted by Crippen LogP contribution is 2.37. The zero-order chi connectivity index (χ0) is 16.1. The number of hydrogen-bond acceptors (Lipinski definition) is 2. The second-order valence-electron chi connectivity index (χ2n) is 7.13. The van der Waals surface area contributed by atoms with E-state index >= 15 is 0 Å². The van der Waals surface area contributed by atoms with E-state index in [1.54, 1.807) is 0 Å². The quantitative estimate of drug-likeness (QED) is 0.298. The summed E-state index contributed by atoms with van der Waals surface area (Å²) in [5, 5.41) is 3.95. The summed E-state index contributed by atoms with van der Waals surface area (Å²) in [6.45, 7) is 13.9. The minimum atomic E-state index is -1.72. The van der Waals surface area contributed by atoms with Gasteiger partial charge in [-0.25, -0.2) is 0 Å². The summed E-state index contributed by atoms with van der Waals surface area (Å²) in [5.41, 5.74) is 10.8. The Kier molecular flexibility index (Phi) is 6.02. The number of hydrogen-bond donors (Lipinski definition) is 0. The van der Waals surface area contributed by atoms with Crippen LogP contribution >= 0.6 is 0 Å². The Bertz CT molecular complexity index is 516. The monoisotopic (exact) mass is 305 g/mol. The smallest absolute Gasteiger partial charge is 0.192 e. The first-order valence-corrected chi connectivity index (χ1v) is 10.3. The Morgan fingerprint density at radius 2 is 1.90 bits per heavy atom. The molecule has 5 heteroatoms. The summed E-state index contributed by atoms with van der Waals surface area (Å²) in [7, 11) is -1.72. The standard InChI is InChI=1S/C16H27N3OSi/c1-13(18-19-17)10-14-8-7-9-15(11-14)12-20-21(5,6)16(2,3)4/h7-9,11,13H,10,12H2,1-6H3. The third kappa shape index (κ3) is 5.54. The predicted molar refractivity (Wildman–Crippen MR) is 90.7 cm³/mol. The lowest BCUT2D eigenvalue weighted by molar-refractivity contribution is 0.276. The zero-order valence-corrected chi connectivity index (χ0v) is 15.1. The van der Waals surface area contributed by atoms with E-state index in [9.17, 15) is 0 Å². The van der Waals surface area contributed by atoms with Crippen LogP contribution in [0.15, 0.2) is 29.4 Å². The van der Waals surface area contributed by atoms with Crippen molar-refractivity contribution in [2.75, 3.05) is 0 Å². The molecule has 0 N–H and O–H groups in total. The molecule has 1 aromatic rings. The van der Waals surface area contributed by atoms with Gasteiger partial charge in [-0.05, 0) is 41.2 Å². The molecular formula is C16H27N3OSi. The molecule has 0 saturated carbocycles. The van der Waals surface area contributed by atoms with Gasteiger partial charge in [0, 0.05) is 11.0 Å². The fraction of sp³-hybridized carbons (Fsp3) is 0.625. The van der Waals surface area contributed by atoms with E-state index in [2.05, 4.69) is 62.1 Å². The molecule has 21 heavy (non-hydrogen) atoms. The van der Waals surface area contributed by atoms with Gasteiger partial charge in [-0.2, -0.15) is 0 Å². The second-order valence-corrected chi connectivity index (χ2v) is 11.9. The van der Waals surface area contributed by atoms with E-state index in [1.165, 1.54) is 11.1 Å². The summed E-state index contributed by atoms with van der Waals surface area (Å²) >= 11 is 0. The van der Waals surface area contributed by atoms with Crippen LogP contribution < -0.4 is 0 Å². The molecule has 1 unspecified atom stereocenters. The average Bonchev–Trinajstić information content (AvgIpc) is 2.36. The van der Waals surface area contributed by atoms with E-state index in [0.29, 0.717) is 6.61 Å². The van der Waals surface area contributed by atoms with Gasteiger partial charge in [0.1, 0.15) is 0 Å². The van der Waals surface area contributed by atoms with Gasteiger partial charge in [0.15, 0.2) is 8.32 Å². The summed E-state index contributed by atoms with van der Waals surface area (Å²) in [5.74, 6) is 0. The van der Waals surface area contributed by atoms with Gasteiger partial charge >= 0.3 is 0 Å².